The highest BCUT2D eigenvalue weighted by Gasteiger charge is 2.36. The lowest BCUT2D eigenvalue weighted by Crippen LogP contribution is -2.47. The number of alkyl halides is 3. The van der Waals surface area contributed by atoms with Crippen molar-refractivity contribution in [2.45, 2.75) is 26.1 Å². The first kappa shape index (κ1) is 26.5. The molecule has 0 aliphatic carbocycles. The second-order valence-electron chi connectivity index (χ2n) is 9.88. The minimum absolute atomic E-state index is 0.164. The first-order chi connectivity index (χ1) is 18.4. The fraction of sp³-hybridized carbons (Fsp3) is 0.370. The van der Waals surface area contributed by atoms with Gasteiger partial charge in [-0.25, -0.2) is 9.37 Å². The molecule has 1 saturated heterocycles. The van der Waals surface area contributed by atoms with Gasteiger partial charge >= 0.3 is 6.18 Å². The SMILES string of the molecule is Cc1ccc(N[C@H](C)c2cc(F)cc3c(=O)n(C)c(N4CCN(c5cnn(C)c5)CC4)cc23)c(C(F)(F)F)n1. The van der Waals surface area contributed by atoms with E-state index in [4.69, 9.17) is 0 Å². The Morgan fingerprint density at radius 1 is 1.00 bits per heavy atom. The molecular formula is C27H29F4N7O. The number of rotatable bonds is 5. The highest BCUT2D eigenvalue weighted by Crippen LogP contribution is 2.36. The van der Waals surface area contributed by atoms with Gasteiger partial charge in [0.15, 0.2) is 5.69 Å². The Kier molecular flexibility index (Phi) is 6.73. The van der Waals surface area contributed by atoms with E-state index >= 15 is 0 Å². The average molecular weight is 544 g/mol. The lowest BCUT2D eigenvalue weighted by Gasteiger charge is -2.37. The Morgan fingerprint density at radius 2 is 1.69 bits per heavy atom. The van der Waals surface area contributed by atoms with Gasteiger partial charge in [-0.05, 0) is 55.1 Å². The zero-order chi connectivity index (χ0) is 28.1. The smallest absolute Gasteiger partial charge is 0.377 e. The van der Waals surface area contributed by atoms with Crippen molar-refractivity contribution in [3.8, 4) is 0 Å². The Bertz CT molecular complexity index is 1590. The van der Waals surface area contributed by atoms with E-state index in [0.29, 0.717) is 42.9 Å². The summed E-state index contributed by atoms with van der Waals surface area (Å²) in [4.78, 5) is 21.3. The number of piperazine rings is 1. The molecule has 5 rings (SSSR count). The fourth-order valence-corrected chi connectivity index (χ4v) is 5.12. The number of aryl methyl sites for hydroxylation is 2. The number of halogens is 4. The maximum absolute atomic E-state index is 14.7. The number of nitrogens with zero attached hydrogens (tertiary/aromatic N) is 6. The number of hydrogen-bond donors (Lipinski definition) is 1. The molecule has 1 atom stereocenters. The van der Waals surface area contributed by atoms with E-state index in [-0.39, 0.29) is 22.3 Å². The highest BCUT2D eigenvalue weighted by atomic mass is 19.4. The summed E-state index contributed by atoms with van der Waals surface area (Å²) in [6, 6.07) is 6.30. The monoisotopic (exact) mass is 543 g/mol. The zero-order valence-electron chi connectivity index (χ0n) is 22.1. The predicted molar refractivity (Wildman–Crippen MR) is 143 cm³/mol. The number of hydrogen-bond acceptors (Lipinski definition) is 6. The van der Waals surface area contributed by atoms with Crippen molar-refractivity contribution >= 4 is 28.0 Å². The fourth-order valence-electron chi connectivity index (χ4n) is 5.12. The van der Waals surface area contributed by atoms with Crippen molar-refractivity contribution in [1.82, 2.24) is 19.3 Å². The number of pyridine rings is 2. The molecule has 4 aromatic rings. The van der Waals surface area contributed by atoms with E-state index < -0.39 is 23.7 Å². The molecule has 1 N–H and O–H groups in total. The normalized spacial score (nSPS) is 15.2. The molecule has 1 aliphatic heterocycles. The van der Waals surface area contributed by atoms with Crippen LogP contribution in [0.3, 0.4) is 0 Å². The largest absolute Gasteiger partial charge is 0.435 e. The maximum Gasteiger partial charge on any atom is 0.435 e. The van der Waals surface area contributed by atoms with Crippen LogP contribution < -0.4 is 20.7 Å². The second kappa shape index (κ2) is 9.90. The number of aromatic nitrogens is 4. The summed E-state index contributed by atoms with van der Waals surface area (Å²) < 4.78 is 59.0. The molecule has 0 spiro atoms. The van der Waals surface area contributed by atoms with Crippen molar-refractivity contribution in [2.24, 2.45) is 14.1 Å². The van der Waals surface area contributed by atoms with Gasteiger partial charge in [0.1, 0.15) is 11.6 Å². The van der Waals surface area contributed by atoms with Gasteiger partial charge in [0, 0.05) is 58.2 Å². The molecule has 39 heavy (non-hydrogen) atoms. The average Bonchev–Trinajstić information content (AvgIpc) is 3.32. The number of nitrogens with one attached hydrogen (secondary N) is 1. The van der Waals surface area contributed by atoms with Crippen molar-refractivity contribution < 1.29 is 17.6 Å². The van der Waals surface area contributed by atoms with Crippen molar-refractivity contribution in [3.63, 3.8) is 0 Å². The van der Waals surface area contributed by atoms with Crippen LogP contribution in [0.2, 0.25) is 0 Å². The number of benzene rings is 1. The number of anilines is 3. The first-order valence-corrected chi connectivity index (χ1v) is 12.6. The summed E-state index contributed by atoms with van der Waals surface area (Å²) in [5, 5.41) is 7.73. The molecule has 0 bridgehead atoms. The number of fused-ring (bicyclic) bond motifs is 1. The zero-order valence-corrected chi connectivity index (χ0v) is 22.1. The minimum Gasteiger partial charge on any atom is -0.377 e. The Morgan fingerprint density at radius 3 is 2.33 bits per heavy atom. The van der Waals surface area contributed by atoms with Gasteiger partial charge in [0.05, 0.1) is 23.0 Å². The third-order valence-electron chi connectivity index (χ3n) is 7.13. The van der Waals surface area contributed by atoms with Crippen LogP contribution in [0.25, 0.3) is 10.8 Å². The summed E-state index contributed by atoms with van der Waals surface area (Å²) in [6.07, 6.45) is -0.909. The van der Waals surface area contributed by atoms with E-state index in [9.17, 15) is 22.4 Å². The van der Waals surface area contributed by atoms with E-state index in [1.807, 2.05) is 25.5 Å². The molecular weight excluding hydrogens is 514 g/mol. The third-order valence-corrected chi connectivity index (χ3v) is 7.13. The summed E-state index contributed by atoms with van der Waals surface area (Å²) >= 11 is 0. The van der Waals surface area contributed by atoms with E-state index in [1.54, 1.807) is 18.7 Å². The van der Waals surface area contributed by atoms with E-state index in [2.05, 4.69) is 25.2 Å². The van der Waals surface area contributed by atoms with Gasteiger partial charge in [-0.3, -0.25) is 14.0 Å². The van der Waals surface area contributed by atoms with Crippen LogP contribution in [0.4, 0.5) is 34.8 Å². The molecule has 0 unspecified atom stereocenters. The van der Waals surface area contributed by atoms with Gasteiger partial charge in [-0.15, -0.1) is 0 Å². The van der Waals surface area contributed by atoms with Crippen molar-refractivity contribution in [1.29, 1.82) is 0 Å². The molecule has 1 aromatic carbocycles. The van der Waals surface area contributed by atoms with Crippen LogP contribution in [0.5, 0.6) is 0 Å². The van der Waals surface area contributed by atoms with Crippen LogP contribution >= 0.6 is 0 Å². The van der Waals surface area contributed by atoms with Crippen LogP contribution in [-0.2, 0) is 20.3 Å². The maximum atomic E-state index is 14.7. The molecule has 12 heteroatoms. The molecule has 0 amide bonds. The molecule has 8 nitrogen and oxygen atoms in total. The van der Waals surface area contributed by atoms with Gasteiger partial charge in [0.2, 0.25) is 0 Å². The van der Waals surface area contributed by atoms with Gasteiger partial charge in [-0.2, -0.15) is 18.3 Å². The quantitative estimate of drug-likeness (QED) is 0.370. The summed E-state index contributed by atoms with van der Waals surface area (Å²) in [6.45, 7) is 5.83. The predicted octanol–water partition coefficient (Wildman–Crippen LogP) is 4.63. The Labute approximate surface area is 222 Å². The lowest BCUT2D eigenvalue weighted by atomic mass is 9.99. The second-order valence-corrected chi connectivity index (χ2v) is 9.88. The van der Waals surface area contributed by atoms with Crippen LogP contribution in [0, 0.1) is 12.7 Å². The topological polar surface area (TPSA) is 71.2 Å². The molecule has 0 radical (unpaired) electrons. The summed E-state index contributed by atoms with van der Waals surface area (Å²) in [5.41, 5.74) is -0.00367. The highest BCUT2D eigenvalue weighted by molar-refractivity contribution is 5.88. The standard InChI is InChI=1S/C27H29F4N7O/c1-16-5-6-23(25(33-16)27(29,30)31)34-17(2)20-11-18(28)12-22-21(20)13-24(36(4)26(22)39)38-9-7-37(8-10-38)19-14-32-35(3)15-19/h5-6,11-15,17,34H,7-10H2,1-4H3/t17-/m1/s1. The van der Waals surface area contributed by atoms with E-state index in [1.165, 1.54) is 35.8 Å². The van der Waals surface area contributed by atoms with Gasteiger partial charge < -0.3 is 15.1 Å². The van der Waals surface area contributed by atoms with Crippen LogP contribution in [0.1, 0.15) is 29.9 Å². The van der Waals surface area contributed by atoms with E-state index in [0.717, 1.165) is 5.69 Å². The Hall–Kier alpha value is -4.09. The van der Waals surface area contributed by atoms with Crippen LogP contribution in [-0.4, -0.2) is 45.5 Å². The minimum atomic E-state index is -4.67. The molecule has 0 saturated carbocycles. The van der Waals surface area contributed by atoms with Crippen molar-refractivity contribution in [3.05, 3.63) is 75.8 Å². The molecule has 1 fully saturated rings. The van der Waals surface area contributed by atoms with Gasteiger partial charge in [-0.1, -0.05) is 0 Å². The molecule has 206 valence electrons. The molecule has 4 heterocycles. The molecule has 3 aromatic heterocycles. The molecule has 1 aliphatic rings. The third kappa shape index (κ3) is 5.15. The lowest BCUT2D eigenvalue weighted by molar-refractivity contribution is -0.140. The first-order valence-electron chi connectivity index (χ1n) is 12.6. The van der Waals surface area contributed by atoms with Gasteiger partial charge in [0.25, 0.3) is 5.56 Å². The summed E-state index contributed by atoms with van der Waals surface area (Å²) in [7, 11) is 3.50. The van der Waals surface area contributed by atoms with Crippen molar-refractivity contribution in [2.75, 3.05) is 41.3 Å². The Balaban J connectivity index is 1.50. The van der Waals surface area contributed by atoms with Crippen LogP contribution in [0.15, 0.2) is 47.5 Å². The summed E-state index contributed by atoms with van der Waals surface area (Å²) in [5.74, 6) is 0.0190.